The van der Waals surface area contributed by atoms with Crippen LogP contribution < -0.4 is 11.1 Å². The van der Waals surface area contributed by atoms with Crippen LogP contribution in [0.5, 0.6) is 0 Å². The summed E-state index contributed by atoms with van der Waals surface area (Å²) in [5, 5.41) is 4.66. The van der Waals surface area contributed by atoms with E-state index in [9.17, 15) is 9.59 Å². The molecule has 2 aliphatic rings. The zero-order chi connectivity index (χ0) is 18.1. The molecule has 1 aliphatic heterocycles. The Morgan fingerprint density at radius 2 is 1.96 bits per heavy atom. The van der Waals surface area contributed by atoms with Gasteiger partial charge in [-0.15, -0.1) is 0 Å². The molecular weight excluding hydrogens is 330 g/mol. The van der Waals surface area contributed by atoms with Crippen molar-refractivity contribution in [2.75, 3.05) is 6.54 Å². The van der Waals surface area contributed by atoms with Gasteiger partial charge in [-0.25, -0.2) is 4.68 Å². The highest BCUT2D eigenvalue weighted by Gasteiger charge is 2.26. The molecule has 26 heavy (non-hydrogen) atoms. The Kier molecular flexibility index (Phi) is 4.72. The number of aryl methyl sites for hydroxylation is 2. The van der Waals surface area contributed by atoms with E-state index < -0.39 is 0 Å². The minimum Gasteiger partial charge on any atom is -0.312 e. The Morgan fingerprint density at radius 1 is 1.12 bits per heavy atom. The predicted octanol–water partition coefficient (Wildman–Crippen LogP) is 0.880. The fourth-order valence-corrected chi connectivity index (χ4v) is 4.10. The number of hydrogen-bond donors (Lipinski definition) is 0. The molecule has 1 aliphatic carbocycles. The second kappa shape index (κ2) is 7.15. The van der Waals surface area contributed by atoms with Gasteiger partial charge in [0.1, 0.15) is 0 Å². The maximum absolute atomic E-state index is 12.5. The number of nitrogens with zero attached hydrogens (tertiary/aromatic N) is 5. The lowest BCUT2D eigenvalue weighted by atomic mass is 9.97. The van der Waals surface area contributed by atoms with Crippen molar-refractivity contribution in [2.24, 2.45) is 7.05 Å². The fraction of sp³-hybridized carbons (Fsp3) is 0.579. The summed E-state index contributed by atoms with van der Waals surface area (Å²) in [6.45, 7) is 2.25. The Labute approximate surface area is 152 Å². The molecule has 0 aromatic carbocycles. The Bertz CT molecular complexity index is 917. The number of aromatic nitrogens is 4. The molecule has 1 unspecified atom stereocenters. The zero-order valence-corrected chi connectivity index (χ0v) is 15.2. The molecular formula is C19H25N5O2. The van der Waals surface area contributed by atoms with Gasteiger partial charge in [-0.05, 0) is 50.6 Å². The van der Waals surface area contributed by atoms with Crippen LogP contribution >= 0.6 is 0 Å². The van der Waals surface area contributed by atoms with Crippen LogP contribution in [0.25, 0.3) is 0 Å². The summed E-state index contributed by atoms with van der Waals surface area (Å²) in [7, 11) is 1.78. The van der Waals surface area contributed by atoms with Crippen LogP contribution in [-0.2, 0) is 33.0 Å². The van der Waals surface area contributed by atoms with Crippen molar-refractivity contribution in [3.05, 3.63) is 56.1 Å². The molecule has 2 aromatic rings. The van der Waals surface area contributed by atoms with Crippen LogP contribution in [0.15, 0.2) is 28.0 Å². The minimum absolute atomic E-state index is 0.00581. The maximum Gasteiger partial charge on any atom is 0.268 e. The van der Waals surface area contributed by atoms with Gasteiger partial charge in [0.25, 0.3) is 11.1 Å². The van der Waals surface area contributed by atoms with Gasteiger partial charge in [0.2, 0.25) is 0 Å². The molecule has 7 nitrogen and oxygen atoms in total. The van der Waals surface area contributed by atoms with E-state index in [1.165, 1.54) is 6.20 Å². The second-order valence-electron chi connectivity index (χ2n) is 7.41. The third-order valence-corrected chi connectivity index (χ3v) is 5.69. The van der Waals surface area contributed by atoms with Crippen molar-refractivity contribution in [3.63, 3.8) is 0 Å². The van der Waals surface area contributed by atoms with Crippen molar-refractivity contribution >= 4 is 0 Å². The zero-order valence-electron chi connectivity index (χ0n) is 15.2. The first-order valence-electron chi connectivity index (χ1n) is 9.46. The van der Waals surface area contributed by atoms with E-state index in [0.29, 0.717) is 13.1 Å². The van der Waals surface area contributed by atoms with Crippen molar-refractivity contribution in [1.82, 2.24) is 24.2 Å². The van der Waals surface area contributed by atoms with Gasteiger partial charge in [0.15, 0.2) is 0 Å². The molecule has 1 atom stereocenters. The van der Waals surface area contributed by atoms with E-state index in [-0.39, 0.29) is 17.2 Å². The van der Waals surface area contributed by atoms with E-state index in [4.69, 9.17) is 0 Å². The van der Waals surface area contributed by atoms with Gasteiger partial charge in [0.05, 0.1) is 24.1 Å². The highest BCUT2D eigenvalue weighted by atomic mass is 16.1. The van der Waals surface area contributed by atoms with Gasteiger partial charge < -0.3 is 4.57 Å². The van der Waals surface area contributed by atoms with Gasteiger partial charge in [-0.1, -0.05) is 0 Å². The summed E-state index contributed by atoms with van der Waals surface area (Å²) in [4.78, 5) is 30.6. The first-order valence-corrected chi connectivity index (χ1v) is 9.46. The Balaban J connectivity index is 1.53. The topological polar surface area (TPSA) is 73.0 Å². The smallest absolute Gasteiger partial charge is 0.268 e. The van der Waals surface area contributed by atoms with Gasteiger partial charge >= 0.3 is 0 Å². The largest absolute Gasteiger partial charge is 0.312 e. The maximum atomic E-state index is 12.5. The quantitative estimate of drug-likeness (QED) is 0.814. The molecule has 1 fully saturated rings. The number of likely N-dealkylation sites (tertiary alicyclic amines) is 1. The van der Waals surface area contributed by atoms with Crippen LogP contribution in [0, 0.1) is 0 Å². The lowest BCUT2D eigenvalue weighted by Crippen LogP contribution is -2.38. The molecule has 138 valence electrons. The van der Waals surface area contributed by atoms with Gasteiger partial charge in [-0.3, -0.25) is 19.5 Å². The molecule has 0 radical (unpaired) electrons. The van der Waals surface area contributed by atoms with Gasteiger partial charge in [0, 0.05) is 31.9 Å². The average molecular weight is 355 g/mol. The molecule has 0 bridgehead atoms. The number of hydrogen-bond acceptors (Lipinski definition) is 5. The molecule has 1 saturated heterocycles. The predicted molar refractivity (Wildman–Crippen MR) is 98.0 cm³/mol. The first kappa shape index (κ1) is 17.1. The number of fused-ring (bicyclic) bond motifs is 1. The standard InChI is InChI=1S/C19H25N5O2/c1-22-16(10-20-11-19(22)26)12-23-8-4-6-15(23)13-24-18(25)9-14-5-2-3-7-17(14)21-24/h9-11,15H,2-8,12-13H2,1H3. The first-order chi connectivity index (χ1) is 12.6. The summed E-state index contributed by atoms with van der Waals surface area (Å²) < 4.78 is 3.29. The summed E-state index contributed by atoms with van der Waals surface area (Å²) in [6.07, 6.45) is 9.48. The van der Waals surface area contributed by atoms with Crippen molar-refractivity contribution < 1.29 is 0 Å². The molecule has 0 spiro atoms. The minimum atomic E-state index is -0.0918. The van der Waals surface area contributed by atoms with Crippen molar-refractivity contribution in [3.8, 4) is 0 Å². The molecule has 4 rings (SSSR count). The molecule has 2 aromatic heterocycles. The van der Waals surface area contributed by atoms with Crippen molar-refractivity contribution in [1.29, 1.82) is 0 Å². The average Bonchev–Trinajstić information content (AvgIpc) is 3.06. The van der Waals surface area contributed by atoms with Crippen LogP contribution in [0.1, 0.15) is 42.6 Å². The van der Waals surface area contributed by atoms with Crippen LogP contribution in [0.4, 0.5) is 0 Å². The number of rotatable bonds is 4. The SMILES string of the molecule is Cn1c(CN2CCCC2Cn2nc3c(cc2=O)CCCC3)cncc1=O. The van der Waals surface area contributed by atoms with Crippen LogP contribution in [0.2, 0.25) is 0 Å². The second-order valence-corrected chi connectivity index (χ2v) is 7.41. The van der Waals surface area contributed by atoms with Gasteiger partial charge in [-0.2, -0.15) is 5.10 Å². The summed E-state index contributed by atoms with van der Waals surface area (Å²) in [5.41, 5.74) is 3.04. The molecule has 0 amide bonds. The monoisotopic (exact) mass is 355 g/mol. The lowest BCUT2D eigenvalue weighted by Gasteiger charge is -2.26. The molecule has 0 N–H and O–H groups in total. The highest BCUT2D eigenvalue weighted by molar-refractivity contribution is 5.20. The van der Waals surface area contributed by atoms with E-state index in [1.807, 2.05) is 0 Å². The Morgan fingerprint density at radius 3 is 2.85 bits per heavy atom. The lowest BCUT2D eigenvalue weighted by molar-refractivity contribution is 0.211. The van der Waals surface area contributed by atoms with E-state index in [0.717, 1.165) is 62.0 Å². The molecule has 0 saturated carbocycles. The van der Waals surface area contributed by atoms with E-state index in [2.05, 4.69) is 15.0 Å². The Hall–Kier alpha value is -2.28. The summed E-state index contributed by atoms with van der Waals surface area (Å²) in [5.74, 6) is 0. The normalized spacial score (nSPS) is 20.3. The third-order valence-electron chi connectivity index (χ3n) is 5.69. The van der Waals surface area contributed by atoms with E-state index >= 15 is 0 Å². The fourth-order valence-electron chi connectivity index (χ4n) is 4.10. The van der Waals surface area contributed by atoms with Crippen LogP contribution in [0.3, 0.4) is 0 Å². The highest BCUT2D eigenvalue weighted by Crippen LogP contribution is 2.21. The van der Waals surface area contributed by atoms with Crippen molar-refractivity contribution in [2.45, 2.75) is 57.7 Å². The molecule has 7 heteroatoms. The summed E-state index contributed by atoms with van der Waals surface area (Å²) >= 11 is 0. The van der Waals surface area contributed by atoms with E-state index in [1.54, 1.807) is 28.6 Å². The summed E-state index contributed by atoms with van der Waals surface area (Å²) in [6, 6.07) is 2.04. The third kappa shape index (κ3) is 3.35. The molecule has 3 heterocycles. The van der Waals surface area contributed by atoms with Crippen LogP contribution in [-0.4, -0.2) is 36.8 Å².